The monoisotopic (exact) mass is 489 g/mol. The van der Waals surface area contributed by atoms with Gasteiger partial charge >= 0.3 is 12.2 Å². The standard InChI is InChI=1S/C21H24FN7O6/c1-34-20(32)28-9-14-12-29(21(33)35-14)13-2-3-16(15(22)8-13)24-6-7-26-18(30)11-27-19(31)17-10-23-4-5-25-17/h2-5,8,10,14,24H,6-7,9,11-12H2,1H3,(H,26,30)(H,27,31)(H,28,32)/t14-/m0/s1. The fourth-order valence-corrected chi connectivity index (χ4v) is 3.05. The molecule has 14 heteroatoms. The normalized spacial score (nSPS) is 14.6. The zero-order valence-corrected chi connectivity index (χ0v) is 18.7. The van der Waals surface area contributed by atoms with E-state index in [0.717, 1.165) is 0 Å². The van der Waals surface area contributed by atoms with Crippen molar-refractivity contribution in [3.63, 3.8) is 0 Å². The summed E-state index contributed by atoms with van der Waals surface area (Å²) in [6.45, 7) is 0.337. The number of methoxy groups -OCH3 is 1. The van der Waals surface area contributed by atoms with Crippen molar-refractivity contribution in [2.45, 2.75) is 6.10 Å². The Labute approximate surface area is 199 Å². The Hall–Kier alpha value is -4.49. The summed E-state index contributed by atoms with van der Waals surface area (Å²) in [7, 11) is 1.22. The van der Waals surface area contributed by atoms with E-state index in [1.165, 1.54) is 42.7 Å². The van der Waals surface area contributed by atoms with Crippen LogP contribution in [0.1, 0.15) is 10.5 Å². The number of hydrogen-bond donors (Lipinski definition) is 4. The maximum atomic E-state index is 14.5. The highest BCUT2D eigenvalue weighted by Crippen LogP contribution is 2.25. The molecule has 2 heterocycles. The maximum Gasteiger partial charge on any atom is 0.414 e. The highest BCUT2D eigenvalue weighted by atomic mass is 19.1. The van der Waals surface area contributed by atoms with Crippen LogP contribution in [0, 0.1) is 5.82 Å². The quantitative estimate of drug-likeness (QED) is 0.343. The largest absolute Gasteiger partial charge is 0.453 e. The lowest BCUT2D eigenvalue weighted by molar-refractivity contribution is -0.120. The smallest absolute Gasteiger partial charge is 0.414 e. The van der Waals surface area contributed by atoms with Crippen molar-refractivity contribution in [2.75, 3.05) is 50.1 Å². The minimum absolute atomic E-state index is 0.0623. The average molecular weight is 489 g/mol. The first-order chi connectivity index (χ1) is 16.9. The lowest BCUT2D eigenvalue weighted by Gasteiger charge is -2.15. The molecule has 1 saturated heterocycles. The van der Waals surface area contributed by atoms with E-state index in [1.54, 1.807) is 6.07 Å². The van der Waals surface area contributed by atoms with E-state index in [2.05, 4.69) is 36.0 Å². The van der Waals surface area contributed by atoms with Crippen molar-refractivity contribution < 1.29 is 33.0 Å². The first-order valence-electron chi connectivity index (χ1n) is 10.5. The fourth-order valence-electron chi connectivity index (χ4n) is 3.05. The Morgan fingerprint density at radius 1 is 1.20 bits per heavy atom. The summed E-state index contributed by atoms with van der Waals surface area (Å²) in [4.78, 5) is 55.8. The number of nitrogens with one attached hydrogen (secondary N) is 4. The van der Waals surface area contributed by atoms with Crippen LogP contribution in [-0.4, -0.2) is 79.9 Å². The van der Waals surface area contributed by atoms with Gasteiger partial charge in [0.1, 0.15) is 17.6 Å². The number of carbonyl (C=O) groups is 4. The first kappa shape index (κ1) is 25.1. The van der Waals surface area contributed by atoms with E-state index < -0.39 is 35.9 Å². The molecule has 1 atom stereocenters. The molecule has 0 bridgehead atoms. The summed E-state index contributed by atoms with van der Waals surface area (Å²) in [6.07, 6.45) is 2.17. The molecule has 1 fully saturated rings. The molecule has 0 saturated carbocycles. The van der Waals surface area contributed by atoms with Crippen molar-refractivity contribution in [1.29, 1.82) is 0 Å². The third-order valence-electron chi connectivity index (χ3n) is 4.77. The molecule has 3 rings (SSSR count). The van der Waals surface area contributed by atoms with Crippen LogP contribution < -0.4 is 26.2 Å². The van der Waals surface area contributed by atoms with E-state index >= 15 is 0 Å². The second kappa shape index (κ2) is 12.1. The van der Waals surface area contributed by atoms with Crippen LogP contribution in [0.3, 0.4) is 0 Å². The molecule has 4 N–H and O–H groups in total. The van der Waals surface area contributed by atoms with Gasteiger partial charge in [-0.3, -0.25) is 19.5 Å². The Balaban J connectivity index is 1.40. The van der Waals surface area contributed by atoms with E-state index in [4.69, 9.17) is 4.74 Å². The molecule has 0 aliphatic carbocycles. The predicted octanol–water partition coefficient (Wildman–Crippen LogP) is 0.255. The summed E-state index contributed by atoms with van der Waals surface area (Å²) >= 11 is 0. The summed E-state index contributed by atoms with van der Waals surface area (Å²) in [6, 6.07) is 4.19. The number of halogens is 1. The number of ether oxygens (including phenoxy) is 2. The third-order valence-corrected chi connectivity index (χ3v) is 4.77. The first-order valence-corrected chi connectivity index (χ1v) is 10.5. The van der Waals surface area contributed by atoms with Crippen molar-refractivity contribution in [3.05, 3.63) is 48.3 Å². The number of alkyl carbamates (subject to hydrolysis) is 1. The molecule has 4 amide bonds. The van der Waals surface area contributed by atoms with Gasteiger partial charge in [-0.25, -0.2) is 19.0 Å². The number of aromatic nitrogens is 2. The molecule has 1 aromatic heterocycles. The third kappa shape index (κ3) is 7.25. The van der Waals surface area contributed by atoms with Gasteiger partial charge in [0.15, 0.2) is 0 Å². The van der Waals surface area contributed by atoms with E-state index in [-0.39, 0.29) is 44.1 Å². The molecule has 13 nitrogen and oxygen atoms in total. The summed E-state index contributed by atoms with van der Waals surface area (Å²) in [5.74, 6) is -1.56. The lowest BCUT2D eigenvalue weighted by Crippen LogP contribution is -2.38. The molecule has 0 spiro atoms. The average Bonchev–Trinajstić information content (AvgIpc) is 3.25. The van der Waals surface area contributed by atoms with Gasteiger partial charge in [-0.1, -0.05) is 0 Å². The number of amides is 4. The number of anilines is 2. The fraction of sp³-hybridized carbons (Fsp3) is 0.333. The van der Waals surface area contributed by atoms with Crippen molar-refractivity contribution in [1.82, 2.24) is 25.9 Å². The van der Waals surface area contributed by atoms with Gasteiger partial charge < -0.3 is 30.7 Å². The second-order valence-corrected chi connectivity index (χ2v) is 7.20. The molecular formula is C21H24FN7O6. The molecule has 2 aromatic rings. The Morgan fingerprint density at radius 3 is 2.74 bits per heavy atom. The Kier molecular flexibility index (Phi) is 8.70. The summed E-state index contributed by atoms with van der Waals surface area (Å²) in [5.41, 5.74) is 0.567. The molecule has 35 heavy (non-hydrogen) atoms. The van der Waals surface area contributed by atoms with E-state index in [9.17, 15) is 23.6 Å². The van der Waals surface area contributed by atoms with Crippen LogP contribution in [-0.2, 0) is 14.3 Å². The van der Waals surface area contributed by atoms with E-state index in [1.807, 2.05) is 0 Å². The zero-order chi connectivity index (χ0) is 25.2. The maximum absolute atomic E-state index is 14.5. The minimum atomic E-state index is -0.657. The predicted molar refractivity (Wildman–Crippen MR) is 120 cm³/mol. The van der Waals surface area contributed by atoms with Crippen LogP contribution in [0.4, 0.5) is 25.4 Å². The highest BCUT2D eigenvalue weighted by molar-refractivity contribution is 5.94. The van der Waals surface area contributed by atoms with Crippen LogP contribution in [0.15, 0.2) is 36.8 Å². The minimum Gasteiger partial charge on any atom is -0.453 e. The van der Waals surface area contributed by atoms with Gasteiger partial charge in [-0.05, 0) is 18.2 Å². The number of hydrogen-bond acceptors (Lipinski definition) is 9. The van der Waals surface area contributed by atoms with Crippen molar-refractivity contribution in [3.8, 4) is 0 Å². The Morgan fingerprint density at radius 2 is 2.03 bits per heavy atom. The number of carbonyl (C=O) groups excluding carboxylic acids is 4. The van der Waals surface area contributed by atoms with Crippen molar-refractivity contribution in [2.24, 2.45) is 0 Å². The Bertz CT molecular complexity index is 1070. The van der Waals surface area contributed by atoms with Gasteiger partial charge in [-0.15, -0.1) is 0 Å². The SMILES string of the molecule is COC(=O)NC[C@H]1CN(c2ccc(NCCNC(=O)CNC(=O)c3cnccn3)c(F)c2)C(=O)O1. The highest BCUT2D eigenvalue weighted by Gasteiger charge is 2.33. The van der Waals surface area contributed by atoms with Crippen LogP contribution in [0.5, 0.6) is 0 Å². The number of cyclic esters (lactones) is 1. The van der Waals surface area contributed by atoms with Crippen molar-refractivity contribution >= 4 is 35.4 Å². The second-order valence-electron chi connectivity index (χ2n) is 7.20. The zero-order valence-electron chi connectivity index (χ0n) is 18.7. The van der Waals surface area contributed by atoms with Crippen LogP contribution >= 0.6 is 0 Å². The summed E-state index contributed by atoms with van der Waals surface area (Å²) in [5, 5.41) is 10.3. The molecule has 1 aromatic carbocycles. The topological polar surface area (TPSA) is 164 Å². The number of nitrogens with zero attached hydrogens (tertiary/aromatic N) is 3. The van der Waals surface area contributed by atoms with Crippen LogP contribution in [0.2, 0.25) is 0 Å². The van der Waals surface area contributed by atoms with Gasteiger partial charge in [0, 0.05) is 25.5 Å². The molecule has 1 aliphatic rings. The molecule has 0 radical (unpaired) electrons. The number of rotatable bonds is 10. The van der Waals surface area contributed by atoms with Gasteiger partial charge in [0.25, 0.3) is 5.91 Å². The van der Waals surface area contributed by atoms with Crippen LogP contribution in [0.25, 0.3) is 0 Å². The molecular weight excluding hydrogens is 465 g/mol. The van der Waals surface area contributed by atoms with Gasteiger partial charge in [0.05, 0.1) is 44.3 Å². The van der Waals surface area contributed by atoms with Gasteiger partial charge in [-0.2, -0.15) is 0 Å². The number of benzene rings is 1. The molecule has 1 aliphatic heterocycles. The molecule has 0 unspecified atom stereocenters. The molecule has 186 valence electrons. The van der Waals surface area contributed by atoms with Gasteiger partial charge in [0.2, 0.25) is 5.91 Å². The van der Waals surface area contributed by atoms with E-state index in [0.29, 0.717) is 5.69 Å². The lowest BCUT2D eigenvalue weighted by atomic mass is 10.2. The summed E-state index contributed by atoms with van der Waals surface area (Å²) < 4.78 is 24.1.